The summed E-state index contributed by atoms with van der Waals surface area (Å²) in [7, 11) is 0. The van der Waals surface area contributed by atoms with E-state index in [-0.39, 0.29) is 58.3 Å². The van der Waals surface area contributed by atoms with Crippen molar-refractivity contribution in [1.82, 2.24) is 0 Å². The van der Waals surface area contributed by atoms with Crippen LogP contribution in [0.15, 0.2) is 47.7 Å². The highest BCUT2D eigenvalue weighted by atomic mass is 16.5. The molecule has 36 heavy (non-hydrogen) atoms. The second-order valence-corrected chi connectivity index (χ2v) is 11.4. The second kappa shape index (κ2) is 8.91. The van der Waals surface area contributed by atoms with Crippen molar-refractivity contribution in [3.8, 4) is 17.2 Å². The number of allylic oxidation sites excluding steroid dienone is 2. The van der Waals surface area contributed by atoms with E-state index in [0.29, 0.717) is 24.0 Å². The number of rotatable bonds is 6. The fourth-order valence-electron chi connectivity index (χ4n) is 5.60. The minimum absolute atomic E-state index is 0.0282. The average Bonchev–Trinajstić information content (AvgIpc) is 2.80. The number of Topliss-reactive ketones (excluding diaryl/α,β-unsaturated/α-hetero) is 3. The van der Waals surface area contributed by atoms with Crippen molar-refractivity contribution in [2.45, 2.75) is 66.7 Å². The highest BCUT2D eigenvalue weighted by Gasteiger charge is 2.57. The first-order valence-corrected chi connectivity index (χ1v) is 12.5. The van der Waals surface area contributed by atoms with E-state index in [1.165, 1.54) is 0 Å². The molecule has 1 aliphatic carbocycles. The first-order chi connectivity index (χ1) is 16.8. The largest absolute Gasteiger partial charge is 0.507 e. The van der Waals surface area contributed by atoms with E-state index in [0.717, 1.165) is 11.6 Å². The Morgan fingerprint density at radius 1 is 1.00 bits per heavy atom. The van der Waals surface area contributed by atoms with Crippen LogP contribution in [0.25, 0.3) is 0 Å². The van der Waals surface area contributed by atoms with Crippen LogP contribution in [0.4, 0.5) is 0 Å². The maximum Gasteiger partial charge on any atom is 0.175 e. The lowest BCUT2D eigenvalue weighted by molar-refractivity contribution is -0.144. The van der Waals surface area contributed by atoms with Gasteiger partial charge in [0.05, 0.1) is 10.8 Å². The number of benzene rings is 2. The summed E-state index contributed by atoms with van der Waals surface area (Å²) in [5.41, 5.74) is -0.746. The highest BCUT2D eigenvalue weighted by Crippen LogP contribution is 2.57. The van der Waals surface area contributed by atoms with E-state index in [9.17, 15) is 24.6 Å². The van der Waals surface area contributed by atoms with Crippen molar-refractivity contribution in [3.63, 3.8) is 0 Å². The summed E-state index contributed by atoms with van der Waals surface area (Å²) < 4.78 is 6.26. The first-order valence-electron chi connectivity index (χ1n) is 12.5. The van der Waals surface area contributed by atoms with Crippen LogP contribution in [-0.2, 0) is 16.0 Å². The van der Waals surface area contributed by atoms with Gasteiger partial charge in [-0.05, 0) is 52.0 Å². The molecule has 2 aromatic carbocycles. The summed E-state index contributed by atoms with van der Waals surface area (Å²) in [6.07, 6.45) is 1.08. The monoisotopic (exact) mass is 490 g/mol. The van der Waals surface area contributed by atoms with Crippen molar-refractivity contribution < 1.29 is 29.3 Å². The molecule has 190 valence electrons. The number of ether oxygens (including phenoxy) is 1. The van der Waals surface area contributed by atoms with Gasteiger partial charge in [-0.25, -0.2) is 0 Å². The third-order valence-electron chi connectivity index (χ3n) is 7.41. The smallest absolute Gasteiger partial charge is 0.175 e. The van der Waals surface area contributed by atoms with Gasteiger partial charge in [-0.3, -0.25) is 14.4 Å². The molecule has 0 saturated carbocycles. The fourth-order valence-corrected chi connectivity index (χ4v) is 5.60. The molecule has 0 bridgehead atoms. The van der Waals surface area contributed by atoms with Gasteiger partial charge in [0, 0.05) is 29.5 Å². The second-order valence-electron chi connectivity index (χ2n) is 11.4. The Morgan fingerprint density at radius 3 is 2.25 bits per heavy atom. The summed E-state index contributed by atoms with van der Waals surface area (Å²) in [5, 5.41) is 21.8. The van der Waals surface area contributed by atoms with E-state index in [4.69, 9.17) is 4.74 Å². The first kappa shape index (κ1) is 25.7. The number of hydrogen-bond acceptors (Lipinski definition) is 6. The topological polar surface area (TPSA) is 101 Å². The molecule has 1 unspecified atom stereocenters. The van der Waals surface area contributed by atoms with Crippen molar-refractivity contribution in [1.29, 1.82) is 0 Å². The number of carbonyl (C=O) groups is 3. The molecule has 2 N–H and O–H groups in total. The number of phenolic OH excluding ortho intramolecular Hbond substituents is 2. The molecule has 6 nitrogen and oxygen atoms in total. The molecule has 0 amide bonds. The Hall–Kier alpha value is -3.41. The highest BCUT2D eigenvalue weighted by molar-refractivity contribution is 6.20. The van der Waals surface area contributed by atoms with Crippen molar-refractivity contribution in [2.24, 2.45) is 16.7 Å². The molecule has 0 spiro atoms. The third-order valence-corrected chi connectivity index (χ3v) is 7.41. The average molecular weight is 491 g/mol. The predicted molar refractivity (Wildman–Crippen MR) is 136 cm³/mol. The predicted octanol–water partition coefficient (Wildman–Crippen LogP) is 5.89. The van der Waals surface area contributed by atoms with Crippen LogP contribution >= 0.6 is 0 Å². The van der Waals surface area contributed by atoms with Gasteiger partial charge >= 0.3 is 0 Å². The van der Waals surface area contributed by atoms with Gasteiger partial charge in [-0.15, -0.1) is 0 Å². The molecular formula is C30H34O6. The van der Waals surface area contributed by atoms with Crippen LogP contribution in [0.5, 0.6) is 17.2 Å². The zero-order valence-corrected chi connectivity index (χ0v) is 21.8. The van der Waals surface area contributed by atoms with Gasteiger partial charge in [0.2, 0.25) is 0 Å². The van der Waals surface area contributed by atoms with Gasteiger partial charge in [-0.1, -0.05) is 44.2 Å². The summed E-state index contributed by atoms with van der Waals surface area (Å²) in [4.78, 5) is 40.5. The Balaban J connectivity index is 1.89. The van der Waals surface area contributed by atoms with Gasteiger partial charge < -0.3 is 14.9 Å². The molecule has 0 aromatic heterocycles. The fraction of sp³-hybridized carbons (Fsp3) is 0.433. The molecule has 1 aliphatic heterocycles. The van der Waals surface area contributed by atoms with E-state index >= 15 is 0 Å². The lowest BCUT2D eigenvalue weighted by atomic mass is 9.59. The lowest BCUT2D eigenvalue weighted by Gasteiger charge is -2.45. The van der Waals surface area contributed by atoms with E-state index in [2.05, 4.69) is 0 Å². The molecule has 0 fully saturated rings. The summed E-state index contributed by atoms with van der Waals surface area (Å²) in [6.45, 7) is 10.7. The molecule has 6 heteroatoms. The quantitative estimate of drug-likeness (QED) is 0.387. The van der Waals surface area contributed by atoms with E-state index in [1.54, 1.807) is 27.7 Å². The summed E-state index contributed by atoms with van der Waals surface area (Å²) in [6, 6.07) is 10.7. The van der Waals surface area contributed by atoms with Crippen molar-refractivity contribution in [2.75, 3.05) is 0 Å². The Morgan fingerprint density at radius 2 is 1.64 bits per heavy atom. The molecule has 2 aliphatic rings. The van der Waals surface area contributed by atoms with Crippen molar-refractivity contribution >= 4 is 17.3 Å². The van der Waals surface area contributed by atoms with E-state index in [1.807, 2.05) is 44.2 Å². The number of ketones is 3. The SMILES string of the molecule is CC(C)CC1C2=C(Oc3c(C(=O)CCc4ccccc4)c(O)cc(O)c31)C(C)(C)C(=O)C(C)(C)C2=O. The Labute approximate surface area is 212 Å². The minimum atomic E-state index is -1.25. The third kappa shape index (κ3) is 4.02. The van der Waals surface area contributed by atoms with E-state index < -0.39 is 16.7 Å². The number of fused-ring (bicyclic) bond motifs is 1. The van der Waals surface area contributed by atoms with Gasteiger partial charge in [0.25, 0.3) is 0 Å². The molecule has 0 radical (unpaired) electrons. The Bertz CT molecular complexity index is 1280. The van der Waals surface area contributed by atoms with Gasteiger partial charge in [-0.2, -0.15) is 0 Å². The number of carbonyl (C=O) groups excluding carboxylic acids is 3. The minimum Gasteiger partial charge on any atom is -0.507 e. The van der Waals surface area contributed by atoms with Crippen LogP contribution in [0, 0.1) is 16.7 Å². The molecule has 4 rings (SSSR count). The Kier molecular flexibility index (Phi) is 6.36. The number of aromatic hydroxyl groups is 2. The zero-order valence-electron chi connectivity index (χ0n) is 21.8. The molecule has 1 atom stereocenters. The summed E-state index contributed by atoms with van der Waals surface area (Å²) in [5.74, 6) is -1.76. The van der Waals surface area contributed by atoms with Crippen LogP contribution in [-0.4, -0.2) is 27.6 Å². The molecule has 0 saturated heterocycles. The van der Waals surface area contributed by atoms with Crippen LogP contribution in [0.2, 0.25) is 0 Å². The standard InChI is InChI=1S/C30H34O6/c1-16(2)14-18-22-20(32)15-21(33)24(19(31)13-12-17-10-8-7-9-11-17)25(22)36-27-23(18)26(34)29(3,4)28(35)30(27,5)6/h7-11,15-16,18,32-33H,12-14H2,1-6H3. The van der Waals surface area contributed by atoms with Crippen molar-refractivity contribution in [3.05, 3.63) is 64.4 Å². The summed E-state index contributed by atoms with van der Waals surface area (Å²) >= 11 is 0. The number of aryl methyl sites for hydroxylation is 1. The van der Waals surface area contributed by atoms with Gasteiger partial charge in [0.1, 0.15) is 28.6 Å². The lowest BCUT2D eigenvalue weighted by Crippen LogP contribution is -2.51. The maximum atomic E-state index is 13.7. The molecule has 2 aromatic rings. The molecule has 1 heterocycles. The normalized spacial score (nSPS) is 20.1. The zero-order chi connectivity index (χ0) is 26.6. The van der Waals surface area contributed by atoms with Crippen LogP contribution < -0.4 is 4.74 Å². The number of phenols is 2. The van der Waals surface area contributed by atoms with Crippen LogP contribution in [0.3, 0.4) is 0 Å². The van der Waals surface area contributed by atoms with Crippen LogP contribution in [0.1, 0.15) is 81.8 Å². The maximum absolute atomic E-state index is 13.7. The van der Waals surface area contributed by atoms with Gasteiger partial charge in [0.15, 0.2) is 17.3 Å². The molecular weight excluding hydrogens is 456 g/mol. The number of hydrogen-bond donors (Lipinski definition) is 2.